The third-order valence-corrected chi connectivity index (χ3v) is 3.49. The summed E-state index contributed by atoms with van der Waals surface area (Å²) in [7, 11) is 0. The Bertz CT molecular complexity index is 404. The molecule has 0 aliphatic carbocycles. The average Bonchev–Trinajstić information content (AvgIpc) is 2.35. The molecule has 1 N–H and O–H groups in total. The zero-order chi connectivity index (χ0) is 15.0. The highest BCUT2D eigenvalue weighted by Gasteiger charge is 2.06. The summed E-state index contributed by atoms with van der Waals surface area (Å²) in [4.78, 5) is 0. The molecule has 0 bridgehead atoms. The van der Waals surface area contributed by atoms with E-state index in [0.717, 1.165) is 19.4 Å². The maximum absolute atomic E-state index is 13.0. The van der Waals surface area contributed by atoms with E-state index in [1.807, 2.05) is 0 Å². The molecule has 0 aliphatic heterocycles. The van der Waals surface area contributed by atoms with Gasteiger partial charge >= 0.3 is 0 Å². The molecule has 0 spiro atoms. The van der Waals surface area contributed by atoms with Crippen LogP contribution in [0.4, 0.5) is 4.39 Å². The summed E-state index contributed by atoms with van der Waals surface area (Å²) in [6, 6.07) is 4.74. The average molecular weight is 346 g/mol. The topological polar surface area (TPSA) is 21.3 Å². The first-order valence-corrected chi connectivity index (χ1v) is 8.01. The van der Waals surface area contributed by atoms with E-state index in [9.17, 15) is 4.39 Å². The smallest absolute Gasteiger partial charge is 0.137 e. The van der Waals surface area contributed by atoms with Gasteiger partial charge in [-0.2, -0.15) is 0 Å². The van der Waals surface area contributed by atoms with Crippen molar-refractivity contribution in [1.82, 2.24) is 5.32 Å². The molecule has 1 aromatic rings. The van der Waals surface area contributed by atoms with E-state index in [1.54, 1.807) is 12.1 Å². The van der Waals surface area contributed by atoms with Crippen LogP contribution in [0.3, 0.4) is 0 Å². The minimum absolute atomic E-state index is 0.207. The lowest BCUT2D eigenvalue weighted by atomic mass is 10.1. The molecule has 0 saturated carbocycles. The molecule has 4 heteroatoms. The summed E-state index contributed by atoms with van der Waals surface area (Å²) in [6.07, 6.45) is 4.59. The Morgan fingerprint density at radius 2 is 1.85 bits per heavy atom. The van der Waals surface area contributed by atoms with Gasteiger partial charge in [-0.05, 0) is 74.3 Å². The van der Waals surface area contributed by atoms with E-state index in [1.165, 1.54) is 18.9 Å². The predicted octanol–water partition coefficient (Wildman–Crippen LogP) is 4.92. The highest BCUT2D eigenvalue weighted by molar-refractivity contribution is 9.10. The minimum atomic E-state index is -0.260. The second kappa shape index (κ2) is 8.63. The summed E-state index contributed by atoms with van der Waals surface area (Å²) in [5.74, 6) is 0.455. The lowest BCUT2D eigenvalue weighted by Crippen LogP contribution is -2.36. The van der Waals surface area contributed by atoms with Gasteiger partial charge in [0.2, 0.25) is 0 Å². The summed E-state index contributed by atoms with van der Waals surface area (Å²) < 4.78 is 19.1. The minimum Gasteiger partial charge on any atom is -0.494 e. The zero-order valence-corrected chi connectivity index (χ0v) is 14.2. The third-order valence-electron chi connectivity index (χ3n) is 2.89. The SMILES string of the molecule is CC(C)(C)NCCCCCCOc1ccc(F)c(Br)c1. The predicted molar refractivity (Wildman–Crippen MR) is 85.8 cm³/mol. The fraction of sp³-hybridized carbons (Fsp3) is 0.625. The fourth-order valence-corrected chi connectivity index (χ4v) is 2.16. The molecule has 0 atom stereocenters. The maximum Gasteiger partial charge on any atom is 0.137 e. The van der Waals surface area contributed by atoms with Gasteiger partial charge in [-0.25, -0.2) is 4.39 Å². The standard InChI is InChI=1S/C16H25BrFNO/c1-16(2,3)19-10-6-4-5-7-11-20-13-8-9-15(18)14(17)12-13/h8-9,12,19H,4-7,10-11H2,1-3H3. The molecule has 0 radical (unpaired) electrons. The van der Waals surface area contributed by atoms with Crippen LogP contribution in [-0.2, 0) is 0 Å². The van der Waals surface area contributed by atoms with Crippen LogP contribution in [0.2, 0.25) is 0 Å². The zero-order valence-electron chi connectivity index (χ0n) is 12.6. The van der Waals surface area contributed by atoms with Crippen molar-refractivity contribution in [3.63, 3.8) is 0 Å². The highest BCUT2D eigenvalue weighted by Crippen LogP contribution is 2.21. The molecule has 0 heterocycles. The molecule has 2 nitrogen and oxygen atoms in total. The maximum atomic E-state index is 13.0. The number of ether oxygens (including phenoxy) is 1. The Hall–Kier alpha value is -0.610. The molecular formula is C16H25BrFNO. The number of nitrogens with one attached hydrogen (secondary N) is 1. The molecule has 20 heavy (non-hydrogen) atoms. The molecule has 0 aliphatic rings. The van der Waals surface area contributed by atoms with E-state index in [4.69, 9.17) is 4.74 Å². The number of unbranched alkanes of at least 4 members (excludes halogenated alkanes) is 3. The normalized spacial score (nSPS) is 11.7. The molecule has 0 unspecified atom stereocenters. The molecule has 0 saturated heterocycles. The van der Waals surface area contributed by atoms with Crippen molar-refractivity contribution < 1.29 is 9.13 Å². The van der Waals surface area contributed by atoms with Crippen molar-refractivity contribution in [1.29, 1.82) is 0 Å². The summed E-state index contributed by atoms with van der Waals surface area (Å²) in [5.41, 5.74) is 0.207. The Balaban J connectivity index is 2.03. The first-order valence-electron chi connectivity index (χ1n) is 7.21. The second-order valence-electron chi connectivity index (χ2n) is 6.02. The van der Waals surface area contributed by atoms with Crippen molar-refractivity contribution in [2.24, 2.45) is 0 Å². The van der Waals surface area contributed by atoms with E-state index in [0.29, 0.717) is 16.8 Å². The number of hydrogen-bond acceptors (Lipinski definition) is 2. The highest BCUT2D eigenvalue weighted by atomic mass is 79.9. The second-order valence-corrected chi connectivity index (χ2v) is 6.87. The Labute approximate surface area is 130 Å². The van der Waals surface area contributed by atoms with Gasteiger partial charge in [0.15, 0.2) is 0 Å². The van der Waals surface area contributed by atoms with E-state index in [-0.39, 0.29) is 11.4 Å². The molecule has 0 amide bonds. The quantitative estimate of drug-likeness (QED) is 0.675. The van der Waals surface area contributed by atoms with Gasteiger partial charge in [0, 0.05) is 5.54 Å². The van der Waals surface area contributed by atoms with Crippen molar-refractivity contribution in [2.75, 3.05) is 13.2 Å². The van der Waals surface area contributed by atoms with Crippen LogP contribution in [0.5, 0.6) is 5.75 Å². The first-order chi connectivity index (χ1) is 9.38. The molecular weight excluding hydrogens is 321 g/mol. The number of benzene rings is 1. The van der Waals surface area contributed by atoms with Gasteiger partial charge in [-0.1, -0.05) is 12.8 Å². The van der Waals surface area contributed by atoms with Crippen LogP contribution in [0, 0.1) is 5.82 Å². The van der Waals surface area contributed by atoms with E-state index in [2.05, 4.69) is 42.0 Å². The van der Waals surface area contributed by atoms with Gasteiger partial charge in [0.1, 0.15) is 11.6 Å². The van der Waals surface area contributed by atoms with Crippen LogP contribution in [0.15, 0.2) is 22.7 Å². The van der Waals surface area contributed by atoms with Crippen molar-refractivity contribution >= 4 is 15.9 Å². The largest absolute Gasteiger partial charge is 0.494 e. The monoisotopic (exact) mass is 345 g/mol. The third kappa shape index (κ3) is 7.85. The Morgan fingerprint density at radius 1 is 1.15 bits per heavy atom. The number of hydrogen-bond donors (Lipinski definition) is 1. The Kier molecular flexibility index (Phi) is 7.52. The van der Waals surface area contributed by atoms with Gasteiger partial charge in [0.05, 0.1) is 11.1 Å². The number of rotatable bonds is 8. The van der Waals surface area contributed by atoms with Crippen molar-refractivity contribution in [2.45, 2.75) is 52.0 Å². The van der Waals surface area contributed by atoms with Gasteiger partial charge in [-0.3, -0.25) is 0 Å². The van der Waals surface area contributed by atoms with Crippen molar-refractivity contribution in [3.8, 4) is 5.75 Å². The number of halogens is 2. The van der Waals surface area contributed by atoms with Gasteiger partial charge < -0.3 is 10.1 Å². The lowest BCUT2D eigenvalue weighted by Gasteiger charge is -2.20. The summed E-state index contributed by atoms with van der Waals surface area (Å²) >= 11 is 3.15. The summed E-state index contributed by atoms with van der Waals surface area (Å²) in [5, 5.41) is 3.48. The first kappa shape index (κ1) is 17.4. The van der Waals surface area contributed by atoms with Gasteiger partial charge in [0.25, 0.3) is 0 Å². The fourth-order valence-electron chi connectivity index (χ4n) is 1.80. The van der Waals surface area contributed by atoms with Crippen LogP contribution in [-0.4, -0.2) is 18.7 Å². The van der Waals surface area contributed by atoms with Crippen LogP contribution in [0.25, 0.3) is 0 Å². The molecule has 114 valence electrons. The van der Waals surface area contributed by atoms with E-state index < -0.39 is 0 Å². The van der Waals surface area contributed by atoms with E-state index >= 15 is 0 Å². The van der Waals surface area contributed by atoms with Crippen LogP contribution < -0.4 is 10.1 Å². The van der Waals surface area contributed by atoms with Crippen LogP contribution in [0.1, 0.15) is 46.5 Å². The molecule has 0 fully saturated rings. The molecule has 1 aromatic carbocycles. The molecule has 0 aromatic heterocycles. The molecule has 1 rings (SSSR count). The Morgan fingerprint density at radius 3 is 2.50 bits per heavy atom. The van der Waals surface area contributed by atoms with Gasteiger partial charge in [-0.15, -0.1) is 0 Å². The van der Waals surface area contributed by atoms with Crippen molar-refractivity contribution in [3.05, 3.63) is 28.5 Å². The lowest BCUT2D eigenvalue weighted by molar-refractivity contribution is 0.303. The van der Waals surface area contributed by atoms with Crippen LogP contribution >= 0.6 is 15.9 Å². The summed E-state index contributed by atoms with van der Waals surface area (Å²) in [6.45, 7) is 8.30.